The molecule has 7 heteroatoms. The maximum absolute atomic E-state index is 11.9. The average Bonchev–Trinajstić information content (AvgIpc) is 2.94. The third kappa shape index (κ3) is 11.9. The largest absolute Gasteiger partial charge is 0.365 e. The van der Waals surface area contributed by atoms with E-state index in [1.165, 1.54) is 63.5 Å². The number of nitrogens with zero attached hydrogens (tertiary/aromatic N) is 2. The number of ether oxygens (including phenoxy) is 1. The highest BCUT2D eigenvalue weighted by Gasteiger charge is 2.29. The van der Waals surface area contributed by atoms with E-state index in [-0.39, 0.29) is 21.2 Å². The molecule has 0 fully saturated rings. The average molecular weight is 541 g/mol. The number of para-hydroxylation sites is 2. The van der Waals surface area contributed by atoms with Gasteiger partial charge in [-0.3, -0.25) is 20.2 Å². The van der Waals surface area contributed by atoms with E-state index >= 15 is 0 Å². The van der Waals surface area contributed by atoms with E-state index in [2.05, 4.69) is 13.8 Å². The van der Waals surface area contributed by atoms with Gasteiger partial charge in [0.1, 0.15) is 0 Å². The molecule has 0 aliphatic heterocycles. The summed E-state index contributed by atoms with van der Waals surface area (Å²) < 4.78 is 6.69. The first-order chi connectivity index (χ1) is 19.0. The fourth-order valence-corrected chi connectivity index (χ4v) is 5.22. The van der Waals surface area contributed by atoms with Crippen molar-refractivity contribution < 1.29 is 14.6 Å². The quantitative estimate of drug-likeness (QED) is 0.0840. The second kappa shape index (κ2) is 19.3. The Kier molecular flexibility index (Phi) is 16.0. The summed E-state index contributed by atoms with van der Waals surface area (Å²) in [4.78, 5) is 23.1. The highest BCUT2D eigenvalue weighted by Crippen LogP contribution is 2.39. The standard InChI is InChI=1S/C32H48N2O5/c1-3-5-7-9-11-13-15-25-31(27-21-17-19-23-29(27)33(35)36)39-32(26-16-14-12-10-8-6-4-2)28-22-18-20-24-30(28)34(37)38/h17-24,31-32H,3-16,25-26H2,1-2H3. The number of nitro groups is 2. The molecule has 0 saturated heterocycles. The molecule has 0 aromatic heterocycles. The van der Waals surface area contributed by atoms with Crippen molar-refractivity contribution in [2.45, 2.75) is 129 Å². The summed E-state index contributed by atoms with van der Waals surface area (Å²) in [5, 5.41) is 23.8. The summed E-state index contributed by atoms with van der Waals surface area (Å²) >= 11 is 0. The molecular formula is C32H48N2O5. The predicted octanol–water partition coefficient (Wildman–Crippen LogP) is 10.6. The molecule has 0 aliphatic rings. The van der Waals surface area contributed by atoms with Crippen molar-refractivity contribution in [1.29, 1.82) is 0 Å². The molecular weight excluding hydrogens is 492 g/mol. The third-order valence-corrected chi connectivity index (χ3v) is 7.43. The Morgan fingerprint density at radius 2 is 0.897 bits per heavy atom. The number of hydrogen-bond acceptors (Lipinski definition) is 5. The Bertz CT molecular complexity index is 903. The van der Waals surface area contributed by atoms with Gasteiger partial charge in [0.05, 0.1) is 33.2 Å². The molecule has 39 heavy (non-hydrogen) atoms. The molecule has 2 unspecified atom stereocenters. The minimum absolute atomic E-state index is 0.0441. The molecule has 0 spiro atoms. The minimum Gasteiger partial charge on any atom is -0.365 e. The van der Waals surface area contributed by atoms with Crippen LogP contribution < -0.4 is 0 Å². The molecule has 0 saturated carbocycles. The van der Waals surface area contributed by atoms with Gasteiger partial charge in [-0.05, 0) is 25.0 Å². The van der Waals surface area contributed by atoms with Crippen LogP contribution in [0.15, 0.2) is 48.5 Å². The fourth-order valence-electron chi connectivity index (χ4n) is 5.22. The zero-order valence-corrected chi connectivity index (χ0v) is 24.0. The zero-order valence-electron chi connectivity index (χ0n) is 24.0. The first kappa shape index (κ1) is 32.4. The van der Waals surface area contributed by atoms with E-state index in [1.807, 2.05) is 0 Å². The summed E-state index contributed by atoms with van der Waals surface area (Å²) in [5.74, 6) is 0. The number of hydrogen-bond donors (Lipinski definition) is 0. The lowest BCUT2D eigenvalue weighted by atomic mass is 9.97. The molecule has 0 N–H and O–H groups in total. The number of benzene rings is 2. The number of unbranched alkanes of at least 4 members (excludes halogenated alkanes) is 12. The molecule has 216 valence electrons. The summed E-state index contributed by atoms with van der Waals surface area (Å²) in [6.45, 7) is 4.41. The molecule has 0 radical (unpaired) electrons. The Balaban J connectivity index is 2.24. The molecule has 7 nitrogen and oxygen atoms in total. The van der Waals surface area contributed by atoms with Crippen molar-refractivity contribution >= 4 is 11.4 Å². The second-order valence-electron chi connectivity index (χ2n) is 10.6. The first-order valence-electron chi connectivity index (χ1n) is 15.1. The van der Waals surface area contributed by atoms with Crippen LogP contribution in [-0.2, 0) is 4.74 Å². The normalized spacial score (nSPS) is 12.8. The van der Waals surface area contributed by atoms with Gasteiger partial charge < -0.3 is 4.74 Å². The second-order valence-corrected chi connectivity index (χ2v) is 10.6. The van der Waals surface area contributed by atoms with Gasteiger partial charge in [-0.2, -0.15) is 0 Å². The van der Waals surface area contributed by atoms with E-state index in [9.17, 15) is 20.2 Å². The van der Waals surface area contributed by atoms with Crippen LogP contribution in [0.3, 0.4) is 0 Å². The van der Waals surface area contributed by atoms with Gasteiger partial charge >= 0.3 is 0 Å². The van der Waals surface area contributed by atoms with Crippen molar-refractivity contribution in [2.24, 2.45) is 0 Å². The summed E-state index contributed by atoms with van der Waals surface area (Å²) in [7, 11) is 0. The third-order valence-electron chi connectivity index (χ3n) is 7.43. The van der Waals surface area contributed by atoms with Crippen LogP contribution in [0, 0.1) is 20.2 Å². The Labute approximate surface area is 234 Å². The summed E-state index contributed by atoms with van der Waals surface area (Å²) in [6, 6.07) is 13.5. The predicted molar refractivity (Wildman–Crippen MR) is 158 cm³/mol. The fraction of sp³-hybridized carbons (Fsp3) is 0.625. The van der Waals surface area contributed by atoms with Crippen molar-refractivity contribution in [3.63, 3.8) is 0 Å². The number of rotatable bonds is 22. The number of nitro benzene ring substituents is 2. The highest BCUT2D eigenvalue weighted by atomic mass is 16.6. The minimum atomic E-state index is -0.503. The van der Waals surface area contributed by atoms with E-state index in [0.717, 1.165) is 38.5 Å². The van der Waals surface area contributed by atoms with Crippen molar-refractivity contribution in [3.8, 4) is 0 Å². The highest BCUT2D eigenvalue weighted by molar-refractivity contribution is 5.43. The van der Waals surface area contributed by atoms with Gasteiger partial charge in [0, 0.05) is 12.1 Å². The monoisotopic (exact) mass is 540 g/mol. The van der Waals surface area contributed by atoms with Gasteiger partial charge in [-0.25, -0.2) is 0 Å². The lowest BCUT2D eigenvalue weighted by Crippen LogP contribution is -2.14. The van der Waals surface area contributed by atoms with Crippen LogP contribution in [0.1, 0.15) is 140 Å². The van der Waals surface area contributed by atoms with E-state index < -0.39 is 12.2 Å². The van der Waals surface area contributed by atoms with Gasteiger partial charge in [-0.1, -0.05) is 128 Å². The molecule has 2 aromatic carbocycles. The maximum Gasteiger partial charge on any atom is 0.275 e. The van der Waals surface area contributed by atoms with Crippen LogP contribution in [0.4, 0.5) is 11.4 Å². The van der Waals surface area contributed by atoms with Crippen LogP contribution in [0.25, 0.3) is 0 Å². The molecule has 0 bridgehead atoms. The van der Waals surface area contributed by atoms with Crippen LogP contribution in [0.5, 0.6) is 0 Å². The van der Waals surface area contributed by atoms with E-state index in [4.69, 9.17) is 4.74 Å². The molecule has 0 aliphatic carbocycles. The van der Waals surface area contributed by atoms with Gasteiger partial charge in [-0.15, -0.1) is 0 Å². The molecule has 2 rings (SSSR count). The molecule has 0 amide bonds. The van der Waals surface area contributed by atoms with E-state index in [1.54, 1.807) is 36.4 Å². The first-order valence-corrected chi connectivity index (χ1v) is 15.1. The molecule has 0 heterocycles. The van der Waals surface area contributed by atoms with Crippen molar-refractivity contribution in [3.05, 3.63) is 79.9 Å². The lowest BCUT2D eigenvalue weighted by molar-refractivity contribution is -0.387. The van der Waals surface area contributed by atoms with Crippen molar-refractivity contribution in [2.75, 3.05) is 0 Å². The maximum atomic E-state index is 11.9. The van der Waals surface area contributed by atoms with Gasteiger partial charge in [0.25, 0.3) is 11.4 Å². The van der Waals surface area contributed by atoms with Crippen LogP contribution in [-0.4, -0.2) is 9.85 Å². The summed E-state index contributed by atoms with van der Waals surface area (Å²) in [6.07, 6.45) is 16.2. The molecule has 2 aromatic rings. The van der Waals surface area contributed by atoms with E-state index in [0.29, 0.717) is 24.0 Å². The Hall–Kier alpha value is -2.80. The molecule has 2 atom stereocenters. The van der Waals surface area contributed by atoms with Gasteiger partial charge in [0.2, 0.25) is 0 Å². The summed E-state index contributed by atoms with van der Waals surface area (Å²) in [5.41, 5.74) is 1.19. The van der Waals surface area contributed by atoms with Gasteiger partial charge in [0.15, 0.2) is 0 Å². The Morgan fingerprint density at radius 1 is 0.564 bits per heavy atom. The SMILES string of the molecule is CCCCCCCCCC(OC(CCCCCCCCC)c1ccccc1[N+](=O)[O-])c1ccccc1[N+](=O)[O-]. The van der Waals surface area contributed by atoms with Crippen LogP contribution in [0.2, 0.25) is 0 Å². The lowest BCUT2D eigenvalue weighted by Gasteiger charge is -2.26. The van der Waals surface area contributed by atoms with Crippen molar-refractivity contribution in [1.82, 2.24) is 0 Å². The smallest absolute Gasteiger partial charge is 0.275 e. The zero-order chi connectivity index (χ0) is 28.3. The van der Waals surface area contributed by atoms with Crippen LogP contribution >= 0.6 is 0 Å². The Morgan fingerprint density at radius 3 is 1.26 bits per heavy atom. The topological polar surface area (TPSA) is 95.5 Å².